The highest BCUT2D eigenvalue weighted by Crippen LogP contribution is 2.33. The largest absolute Gasteiger partial charge is 0.447 e. The van der Waals surface area contributed by atoms with Crippen molar-refractivity contribution in [3.63, 3.8) is 0 Å². The van der Waals surface area contributed by atoms with Crippen LogP contribution in [0.3, 0.4) is 0 Å². The number of hydrogen-bond acceptors (Lipinski definition) is 2. The molecule has 0 heterocycles. The predicted molar refractivity (Wildman–Crippen MR) is 66.7 cm³/mol. The van der Waals surface area contributed by atoms with Crippen molar-refractivity contribution in [3.05, 3.63) is 27.2 Å². The fourth-order valence-electron chi connectivity index (χ4n) is 1.01. The first-order chi connectivity index (χ1) is 7.40. The van der Waals surface area contributed by atoms with Gasteiger partial charge in [0.1, 0.15) is 0 Å². The Morgan fingerprint density at radius 1 is 1.25 bits per heavy atom. The van der Waals surface area contributed by atoms with Gasteiger partial charge in [-0.05, 0) is 26.0 Å². The number of ether oxygens (including phenoxy) is 1. The highest BCUT2D eigenvalue weighted by molar-refractivity contribution is 6.42. The Morgan fingerprint density at radius 3 is 2.19 bits per heavy atom. The normalized spacial score (nSPS) is 10.4. The molecule has 6 heteroatoms. The monoisotopic (exact) mass is 281 g/mol. The molecule has 0 saturated carbocycles. The molecule has 0 bridgehead atoms. The molecule has 1 N–H and O–H groups in total. The zero-order valence-corrected chi connectivity index (χ0v) is 11.0. The molecule has 0 aliphatic heterocycles. The van der Waals surface area contributed by atoms with Gasteiger partial charge in [0.25, 0.3) is 0 Å². The van der Waals surface area contributed by atoms with Crippen molar-refractivity contribution in [1.82, 2.24) is 0 Å². The quantitative estimate of drug-likeness (QED) is 0.860. The van der Waals surface area contributed by atoms with Gasteiger partial charge in [-0.1, -0.05) is 34.8 Å². The maximum absolute atomic E-state index is 11.3. The third kappa shape index (κ3) is 3.74. The van der Waals surface area contributed by atoms with Crippen LogP contribution in [0, 0.1) is 0 Å². The molecule has 16 heavy (non-hydrogen) atoms. The van der Waals surface area contributed by atoms with Crippen molar-refractivity contribution in [2.75, 3.05) is 5.32 Å². The minimum Gasteiger partial charge on any atom is -0.447 e. The maximum atomic E-state index is 11.3. The molecule has 0 saturated heterocycles. The highest BCUT2D eigenvalue weighted by atomic mass is 35.5. The van der Waals surface area contributed by atoms with E-state index in [4.69, 9.17) is 39.5 Å². The van der Waals surface area contributed by atoms with Crippen molar-refractivity contribution < 1.29 is 9.53 Å². The van der Waals surface area contributed by atoms with Gasteiger partial charge in [0.05, 0.1) is 21.8 Å². The van der Waals surface area contributed by atoms with Gasteiger partial charge in [-0.3, -0.25) is 5.32 Å². The van der Waals surface area contributed by atoms with Crippen LogP contribution in [0.5, 0.6) is 0 Å². The standard InChI is InChI=1S/C10H10Cl3NO2/c1-5(2)16-10(15)14-9-7(12)3-6(11)4-8(9)13/h3-5H,1-2H3,(H,14,15). The number of nitrogens with one attached hydrogen (secondary N) is 1. The third-order valence-electron chi connectivity index (χ3n) is 1.58. The second-order valence-electron chi connectivity index (χ2n) is 3.32. The van der Waals surface area contributed by atoms with E-state index in [1.54, 1.807) is 13.8 Å². The minimum absolute atomic E-state index is 0.218. The summed E-state index contributed by atoms with van der Waals surface area (Å²) in [6, 6.07) is 2.97. The molecule has 1 aromatic rings. The number of halogens is 3. The van der Waals surface area contributed by atoms with Gasteiger partial charge in [0.15, 0.2) is 0 Å². The third-order valence-corrected chi connectivity index (χ3v) is 2.39. The molecular formula is C10H10Cl3NO2. The van der Waals surface area contributed by atoms with E-state index in [2.05, 4.69) is 5.32 Å². The molecule has 0 unspecified atom stereocenters. The van der Waals surface area contributed by atoms with E-state index in [9.17, 15) is 4.79 Å². The molecule has 88 valence electrons. The second kappa shape index (κ2) is 5.62. The Hall–Kier alpha value is -0.640. The summed E-state index contributed by atoms with van der Waals surface area (Å²) in [6.07, 6.45) is -0.828. The van der Waals surface area contributed by atoms with E-state index in [0.717, 1.165) is 0 Å². The van der Waals surface area contributed by atoms with Crippen molar-refractivity contribution in [2.24, 2.45) is 0 Å². The fraction of sp³-hybridized carbons (Fsp3) is 0.300. The number of benzene rings is 1. The van der Waals surface area contributed by atoms with Gasteiger partial charge >= 0.3 is 6.09 Å². The molecule has 0 radical (unpaired) electrons. The molecule has 0 aliphatic rings. The number of amides is 1. The van der Waals surface area contributed by atoms with Crippen molar-refractivity contribution in [3.8, 4) is 0 Å². The SMILES string of the molecule is CC(C)OC(=O)Nc1c(Cl)cc(Cl)cc1Cl. The lowest BCUT2D eigenvalue weighted by atomic mass is 10.3. The lowest BCUT2D eigenvalue weighted by molar-refractivity contribution is 0.130. The second-order valence-corrected chi connectivity index (χ2v) is 4.57. The van der Waals surface area contributed by atoms with Crippen LogP contribution >= 0.6 is 34.8 Å². The van der Waals surface area contributed by atoms with Crippen molar-refractivity contribution in [2.45, 2.75) is 20.0 Å². The van der Waals surface area contributed by atoms with E-state index in [1.165, 1.54) is 12.1 Å². The fourth-order valence-corrected chi connectivity index (χ4v) is 1.92. The van der Waals surface area contributed by atoms with Gasteiger partial charge in [-0.15, -0.1) is 0 Å². The van der Waals surface area contributed by atoms with Crippen molar-refractivity contribution in [1.29, 1.82) is 0 Å². The molecule has 1 rings (SSSR count). The van der Waals surface area contributed by atoms with Crippen LogP contribution in [0.4, 0.5) is 10.5 Å². The molecule has 1 amide bonds. The van der Waals surface area contributed by atoms with Gasteiger partial charge in [-0.25, -0.2) is 4.79 Å². The summed E-state index contributed by atoms with van der Waals surface area (Å²) in [5.41, 5.74) is 0.290. The number of anilines is 1. The molecular weight excluding hydrogens is 272 g/mol. The van der Waals surface area contributed by atoms with Crippen LogP contribution in [-0.2, 0) is 4.74 Å². The van der Waals surface area contributed by atoms with E-state index < -0.39 is 6.09 Å². The zero-order chi connectivity index (χ0) is 12.3. The Bertz CT molecular complexity index is 384. The summed E-state index contributed by atoms with van der Waals surface area (Å²) in [5, 5.41) is 3.38. The summed E-state index contributed by atoms with van der Waals surface area (Å²) >= 11 is 17.5. The lowest BCUT2D eigenvalue weighted by Gasteiger charge is -2.12. The van der Waals surface area contributed by atoms with Crippen molar-refractivity contribution >= 4 is 46.6 Å². The Labute approximate surface area is 109 Å². The molecule has 0 fully saturated rings. The number of carbonyl (C=O) groups is 1. The maximum Gasteiger partial charge on any atom is 0.411 e. The summed E-state index contributed by atoms with van der Waals surface area (Å²) in [6.45, 7) is 3.48. The van der Waals surface area contributed by atoms with Crippen LogP contribution in [0.25, 0.3) is 0 Å². The first kappa shape index (κ1) is 13.4. The lowest BCUT2D eigenvalue weighted by Crippen LogP contribution is -2.18. The van der Waals surface area contributed by atoms with E-state index >= 15 is 0 Å². The Kier molecular flexibility index (Phi) is 4.71. The zero-order valence-electron chi connectivity index (χ0n) is 8.68. The summed E-state index contributed by atoms with van der Waals surface area (Å²) in [7, 11) is 0. The van der Waals surface area contributed by atoms with Crippen LogP contribution in [0.1, 0.15) is 13.8 Å². The average Bonchev–Trinajstić information content (AvgIpc) is 2.09. The minimum atomic E-state index is -0.610. The molecule has 0 aromatic heterocycles. The van der Waals surface area contributed by atoms with Crippen LogP contribution in [0.15, 0.2) is 12.1 Å². The summed E-state index contributed by atoms with van der Waals surface area (Å²) < 4.78 is 4.89. The molecule has 3 nitrogen and oxygen atoms in total. The molecule has 0 atom stereocenters. The average molecular weight is 283 g/mol. The smallest absolute Gasteiger partial charge is 0.411 e. The van der Waals surface area contributed by atoms with Crippen LogP contribution < -0.4 is 5.32 Å². The first-order valence-electron chi connectivity index (χ1n) is 4.52. The topological polar surface area (TPSA) is 38.3 Å². The van der Waals surface area contributed by atoms with Gasteiger partial charge < -0.3 is 4.74 Å². The highest BCUT2D eigenvalue weighted by Gasteiger charge is 2.12. The summed E-state index contributed by atoms with van der Waals surface area (Å²) in [4.78, 5) is 11.3. The summed E-state index contributed by atoms with van der Waals surface area (Å²) in [5.74, 6) is 0. The predicted octanol–water partition coefficient (Wildman–Crippen LogP) is 4.60. The molecule has 0 spiro atoms. The van der Waals surface area contributed by atoms with Crippen LogP contribution in [-0.4, -0.2) is 12.2 Å². The van der Waals surface area contributed by atoms with E-state index in [1.807, 2.05) is 0 Å². The van der Waals surface area contributed by atoms with Gasteiger partial charge in [-0.2, -0.15) is 0 Å². The van der Waals surface area contributed by atoms with E-state index in [0.29, 0.717) is 10.7 Å². The van der Waals surface area contributed by atoms with E-state index in [-0.39, 0.29) is 16.1 Å². The Morgan fingerprint density at radius 2 is 1.75 bits per heavy atom. The van der Waals surface area contributed by atoms with Gasteiger partial charge in [0.2, 0.25) is 0 Å². The number of carbonyl (C=O) groups excluding carboxylic acids is 1. The van der Waals surface area contributed by atoms with Crippen LogP contribution in [0.2, 0.25) is 15.1 Å². The first-order valence-corrected chi connectivity index (χ1v) is 5.65. The van der Waals surface area contributed by atoms with Gasteiger partial charge in [0, 0.05) is 5.02 Å². The Balaban J connectivity index is 2.85. The molecule has 0 aliphatic carbocycles. The number of rotatable bonds is 2. The number of hydrogen-bond donors (Lipinski definition) is 1. The molecule has 1 aromatic carbocycles.